The number of hydrogen-bond acceptors (Lipinski definition) is 3. The quantitative estimate of drug-likeness (QED) is 0.538. The molecule has 0 atom stereocenters. The second-order valence-corrected chi connectivity index (χ2v) is 6.33. The van der Waals surface area contributed by atoms with Crippen LogP contribution in [0.2, 0.25) is 0 Å². The van der Waals surface area contributed by atoms with Gasteiger partial charge in [0.15, 0.2) is 4.77 Å². The third kappa shape index (κ3) is 5.03. The molecule has 0 fully saturated rings. The number of unbranched alkanes of at least 4 members (excludes halogenated alkanes) is 3. The second kappa shape index (κ2) is 9.37. The van der Waals surface area contributed by atoms with Gasteiger partial charge in [-0.05, 0) is 43.6 Å². The number of hydrogen-bond donors (Lipinski definition) is 2. The summed E-state index contributed by atoms with van der Waals surface area (Å²) in [6.07, 6.45) is 5.21. The summed E-state index contributed by atoms with van der Waals surface area (Å²) in [7, 11) is 0. The zero-order valence-corrected chi connectivity index (χ0v) is 15.0. The minimum absolute atomic E-state index is 0.0494. The summed E-state index contributed by atoms with van der Waals surface area (Å²) in [5.74, 6) is 0.114. The molecule has 130 valence electrons. The minimum Gasteiger partial charge on any atom is -0.356 e. The summed E-state index contributed by atoms with van der Waals surface area (Å²) < 4.78 is 2.06. The topological polar surface area (TPSA) is 66.9 Å². The van der Waals surface area contributed by atoms with Crippen molar-refractivity contribution in [1.29, 1.82) is 0 Å². The number of carbonyl (C=O) groups is 1. The van der Waals surface area contributed by atoms with Gasteiger partial charge in [-0.25, -0.2) is 0 Å². The lowest BCUT2D eigenvalue weighted by atomic mass is 10.2. The summed E-state index contributed by atoms with van der Waals surface area (Å²) in [5, 5.41) is 3.57. The van der Waals surface area contributed by atoms with Crippen molar-refractivity contribution >= 4 is 29.0 Å². The van der Waals surface area contributed by atoms with Gasteiger partial charge in [-0.15, -0.1) is 0 Å². The van der Waals surface area contributed by atoms with Crippen LogP contribution in [0, 0.1) is 4.77 Å². The molecule has 1 aromatic carbocycles. The van der Waals surface area contributed by atoms with Gasteiger partial charge in [0.1, 0.15) is 0 Å². The van der Waals surface area contributed by atoms with E-state index in [2.05, 4.69) is 17.2 Å². The molecular weight excluding hydrogens is 322 g/mol. The molecule has 0 aliphatic heterocycles. The summed E-state index contributed by atoms with van der Waals surface area (Å²) in [4.78, 5) is 27.2. The largest absolute Gasteiger partial charge is 0.356 e. The second-order valence-electron chi connectivity index (χ2n) is 5.95. The Bertz CT molecular complexity index is 795. The number of rotatable bonds is 9. The van der Waals surface area contributed by atoms with Crippen LogP contribution in [0.3, 0.4) is 0 Å². The number of aromatic nitrogens is 2. The first-order valence-corrected chi connectivity index (χ1v) is 9.03. The van der Waals surface area contributed by atoms with Crippen molar-refractivity contribution in [1.82, 2.24) is 14.9 Å². The van der Waals surface area contributed by atoms with Crippen molar-refractivity contribution in [2.45, 2.75) is 52.0 Å². The number of amides is 1. The van der Waals surface area contributed by atoms with Crippen LogP contribution in [0.5, 0.6) is 0 Å². The first-order chi connectivity index (χ1) is 11.6. The molecule has 24 heavy (non-hydrogen) atoms. The number of fused-ring (bicyclic) bond motifs is 1. The summed E-state index contributed by atoms with van der Waals surface area (Å²) >= 11 is 5.29. The molecule has 1 amide bonds. The molecule has 2 aromatic rings. The van der Waals surface area contributed by atoms with Crippen LogP contribution in [0.4, 0.5) is 0 Å². The fourth-order valence-corrected chi connectivity index (χ4v) is 2.91. The van der Waals surface area contributed by atoms with Crippen molar-refractivity contribution in [2.75, 3.05) is 6.54 Å². The average molecular weight is 347 g/mol. The highest BCUT2D eigenvalue weighted by atomic mass is 32.1. The normalized spacial score (nSPS) is 10.9. The maximum Gasteiger partial charge on any atom is 0.262 e. The van der Waals surface area contributed by atoms with E-state index in [-0.39, 0.29) is 11.5 Å². The maximum absolute atomic E-state index is 12.5. The molecule has 0 aliphatic rings. The lowest BCUT2D eigenvalue weighted by Gasteiger charge is -2.08. The molecule has 1 heterocycles. The zero-order chi connectivity index (χ0) is 17.4. The Kier molecular flexibility index (Phi) is 7.18. The fourth-order valence-electron chi connectivity index (χ4n) is 2.63. The molecule has 1 aromatic heterocycles. The van der Waals surface area contributed by atoms with Crippen LogP contribution < -0.4 is 10.9 Å². The van der Waals surface area contributed by atoms with Gasteiger partial charge in [0, 0.05) is 19.5 Å². The van der Waals surface area contributed by atoms with E-state index in [0.29, 0.717) is 23.1 Å². The zero-order valence-electron chi connectivity index (χ0n) is 14.1. The molecule has 0 bridgehead atoms. The van der Waals surface area contributed by atoms with Gasteiger partial charge in [-0.2, -0.15) is 0 Å². The molecule has 6 heteroatoms. The molecule has 2 rings (SSSR count). The van der Waals surface area contributed by atoms with Gasteiger partial charge in [-0.3, -0.25) is 14.2 Å². The summed E-state index contributed by atoms with van der Waals surface area (Å²) in [6.45, 7) is 3.44. The number of nitrogens with zero attached hydrogens (tertiary/aromatic N) is 1. The van der Waals surface area contributed by atoms with E-state index in [9.17, 15) is 9.59 Å². The predicted molar refractivity (Wildman–Crippen MR) is 99.8 cm³/mol. The molecule has 0 radical (unpaired) electrons. The van der Waals surface area contributed by atoms with Crippen LogP contribution >= 0.6 is 12.2 Å². The van der Waals surface area contributed by atoms with Crippen LogP contribution in [0.25, 0.3) is 10.9 Å². The third-order valence-corrected chi connectivity index (χ3v) is 4.35. The molecule has 0 saturated carbocycles. The SMILES string of the molecule is CCCCNC(=O)CCCCCn1c(=S)[nH]c2ccccc2c1=O. The number of para-hydroxylation sites is 1. The highest BCUT2D eigenvalue weighted by Crippen LogP contribution is 2.07. The lowest BCUT2D eigenvalue weighted by Crippen LogP contribution is -2.24. The van der Waals surface area contributed by atoms with Gasteiger partial charge < -0.3 is 10.3 Å². The van der Waals surface area contributed by atoms with Gasteiger partial charge >= 0.3 is 0 Å². The molecule has 2 N–H and O–H groups in total. The first-order valence-electron chi connectivity index (χ1n) is 8.62. The number of nitrogens with one attached hydrogen (secondary N) is 2. The first kappa shape index (κ1) is 18.4. The van der Waals surface area contributed by atoms with E-state index in [1.807, 2.05) is 18.2 Å². The maximum atomic E-state index is 12.5. The molecule has 0 aliphatic carbocycles. The molecular formula is C18H25N3O2S. The van der Waals surface area contributed by atoms with Gasteiger partial charge in [0.2, 0.25) is 5.91 Å². The predicted octanol–water partition coefficient (Wildman–Crippen LogP) is 3.54. The Morgan fingerprint density at radius 1 is 1.21 bits per heavy atom. The number of carbonyl (C=O) groups excluding carboxylic acids is 1. The van der Waals surface area contributed by atoms with E-state index in [0.717, 1.165) is 44.2 Å². The lowest BCUT2D eigenvalue weighted by molar-refractivity contribution is -0.121. The van der Waals surface area contributed by atoms with E-state index < -0.39 is 0 Å². The molecule has 5 nitrogen and oxygen atoms in total. The van der Waals surface area contributed by atoms with E-state index in [1.165, 1.54) is 0 Å². The van der Waals surface area contributed by atoms with Crippen LogP contribution in [0.1, 0.15) is 45.4 Å². The van der Waals surface area contributed by atoms with Crippen molar-refractivity contribution in [2.24, 2.45) is 0 Å². The van der Waals surface area contributed by atoms with Gasteiger partial charge in [0.25, 0.3) is 5.56 Å². The summed E-state index contributed by atoms with van der Waals surface area (Å²) in [6, 6.07) is 7.39. The summed E-state index contributed by atoms with van der Waals surface area (Å²) in [5.41, 5.74) is 0.721. The number of aromatic amines is 1. The van der Waals surface area contributed by atoms with E-state index >= 15 is 0 Å². The number of H-pyrrole nitrogens is 1. The van der Waals surface area contributed by atoms with Crippen molar-refractivity contribution in [3.05, 3.63) is 39.4 Å². The highest BCUT2D eigenvalue weighted by molar-refractivity contribution is 7.71. The Labute approximate surface area is 147 Å². The van der Waals surface area contributed by atoms with Crippen molar-refractivity contribution in [3.8, 4) is 0 Å². The Balaban J connectivity index is 1.83. The monoisotopic (exact) mass is 347 g/mol. The van der Waals surface area contributed by atoms with Crippen LogP contribution in [0.15, 0.2) is 29.1 Å². The Hall–Kier alpha value is -1.95. The molecule has 0 unspecified atom stereocenters. The van der Waals surface area contributed by atoms with Gasteiger partial charge in [0.05, 0.1) is 10.9 Å². The highest BCUT2D eigenvalue weighted by Gasteiger charge is 2.05. The van der Waals surface area contributed by atoms with Gasteiger partial charge in [-0.1, -0.05) is 31.9 Å². The van der Waals surface area contributed by atoms with Crippen LogP contribution in [-0.2, 0) is 11.3 Å². The van der Waals surface area contributed by atoms with E-state index in [4.69, 9.17) is 12.2 Å². The third-order valence-electron chi connectivity index (χ3n) is 4.03. The van der Waals surface area contributed by atoms with Crippen LogP contribution in [-0.4, -0.2) is 22.0 Å². The fraction of sp³-hybridized carbons (Fsp3) is 0.500. The standard InChI is InChI=1S/C18H25N3O2S/c1-2-3-12-19-16(22)11-5-4-8-13-21-17(23)14-9-6-7-10-15(14)20-18(21)24/h6-7,9-10H,2-5,8,11-13H2,1H3,(H,19,22)(H,20,24). The Morgan fingerprint density at radius 2 is 2.00 bits per heavy atom. The number of benzene rings is 1. The molecule has 0 saturated heterocycles. The average Bonchev–Trinajstić information content (AvgIpc) is 2.57. The van der Waals surface area contributed by atoms with Crippen molar-refractivity contribution in [3.63, 3.8) is 0 Å². The van der Waals surface area contributed by atoms with E-state index in [1.54, 1.807) is 10.6 Å². The Morgan fingerprint density at radius 3 is 2.79 bits per heavy atom. The smallest absolute Gasteiger partial charge is 0.262 e. The minimum atomic E-state index is -0.0494. The molecule has 0 spiro atoms. The van der Waals surface area contributed by atoms with Crippen molar-refractivity contribution < 1.29 is 4.79 Å².